The summed E-state index contributed by atoms with van der Waals surface area (Å²) in [5.41, 5.74) is 1.88. The zero-order valence-electron chi connectivity index (χ0n) is 15.5. The van der Waals surface area contributed by atoms with E-state index >= 15 is 0 Å². The molecule has 0 unspecified atom stereocenters. The average molecular weight is 362 g/mol. The summed E-state index contributed by atoms with van der Waals surface area (Å²) in [4.78, 5) is 12.1. The number of hydrogen-bond donors (Lipinski definition) is 2. The lowest BCUT2D eigenvalue weighted by Gasteiger charge is -2.16. The summed E-state index contributed by atoms with van der Waals surface area (Å²) in [6.07, 6.45) is 1.10. The Kier molecular flexibility index (Phi) is 6.11. The van der Waals surface area contributed by atoms with Gasteiger partial charge in [-0.1, -0.05) is 58.5 Å². The second-order valence-corrected chi connectivity index (χ2v) is 8.14. The van der Waals surface area contributed by atoms with Crippen LogP contribution < -0.4 is 11.2 Å². The molecule has 0 saturated heterocycles. The molecule has 7 heteroatoms. The number of nitrogens with two attached hydrogens (primary N) is 1. The van der Waals surface area contributed by atoms with E-state index in [4.69, 9.17) is 5.84 Å². The Balaban J connectivity index is 1.92. The smallest absolute Gasteiger partial charge is 0.234 e. The molecule has 3 N–H and O–H groups in total. The summed E-state index contributed by atoms with van der Waals surface area (Å²) >= 11 is 1.28. The number of anilines is 1. The molecule has 1 aromatic carbocycles. The molecule has 136 valence electrons. The number of carbonyl (C=O) groups excluding carboxylic acids is 1. The molecular weight excluding hydrogens is 334 g/mol. The Morgan fingerprint density at radius 1 is 1.28 bits per heavy atom. The summed E-state index contributed by atoms with van der Waals surface area (Å²) in [6.45, 7) is 10.4. The Morgan fingerprint density at radius 2 is 1.92 bits per heavy atom. The number of hydrogen-bond acceptors (Lipinski definition) is 5. The first kappa shape index (κ1) is 19.3. The van der Waals surface area contributed by atoms with Crippen LogP contribution in [0.1, 0.15) is 58.3 Å². The fourth-order valence-corrected chi connectivity index (χ4v) is 3.00. The van der Waals surface area contributed by atoms with Gasteiger partial charge >= 0.3 is 0 Å². The fourth-order valence-electron chi connectivity index (χ4n) is 2.34. The van der Waals surface area contributed by atoms with Gasteiger partial charge in [-0.25, -0.2) is 4.68 Å². The molecule has 1 heterocycles. The zero-order chi connectivity index (χ0) is 18.6. The number of benzene rings is 1. The van der Waals surface area contributed by atoms with Crippen molar-refractivity contribution in [2.75, 3.05) is 16.9 Å². The van der Waals surface area contributed by atoms with E-state index in [1.807, 2.05) is 32.9 Å². The predicted molar refractivity (Wildman–Crippen MR) is 103 cm³/mol. The average Bonchev–Trinajstić information content (AvgIpc) is 2.94. The van der Waals surface area contributed by atoms with Crippen molar-refractivity contribution in [2.24, 2.45) is 0 Å². The van der Waals surface area contributed by atoms with Gasteiger partial charge in [-0.3, -0.25) is 4.79 Å². The fraction of sp³-hybridized carbons (Fsp3) is 0.500. The topological polar surface area (TPSA) is 85.8 Å². The standard InChI is InChI=1S/C18H27N5OS/c1-6-12(2)13-7-9-14(10-8-13)20-15(24)11-25-17-22-21-16(23(17)19)18(3,4)5/h7-10,12H,6,11,19H2,1-5H3,(H,20,24)/t12-/m1/s1. The molecule has 1 amide bonds. The van der Waals surface area contributed by atoms with Gasteiger partial charge in [-0.2, -0.15) is 0 Å². The summed E-state index contributed by atoms with van der Waals surface area (Å²) in [5, 5.41) is 11.6. The Labute approximate surface area is 153 Å². The molecule has 0 bridgehead atoms. The molecule has 1 atom stereocenters. The number of rotatable bonds is 6. The molecule has 0 spiro atoms. The molecule has 6 nitrogen and oxygen atoms in total. The van der Waals surface area contributed by atoms with Crippen molar-refractivity contribution in [1.82, 2.24) is 14.9 Å². The number of nitrogens with one attached hydrogen (secondary N) is 1. The maximum absolute atomic E-state index is 12.1. The van der Waals surface area contributed by atoms with Crippen LogP contribution in [0, 0.1) is 0 Å². The minimum atomic E-state index is -0.194. The second kappa shape index (κ2) is 7.91. The summed E-state index contributed by atoms with van der Waals surface area (Å²) in [7, 11) is 0. The molecule has 0 saturated carbocycles. The Morgan fingerprint density at radius 3 is 2.44 bits per heavy atom. The van der Waals surface area contributed by atoms with E-state index < -0.39 is 0 Å². The van der Waals surface area contributed by atoms with Crippen molar-refractivity contribution in [2.45, 2.75) is 57.5 Å². The molecule has 0 aliphatic heterocycles. The highest BCUT2D eigenvalue weighted by Crippen LogP contribution is 2.24. The lowest BCUT2D eigenvalue weighted by Crippen LogP contribution is -2.24. The number of carbonyl (C=O) groups is 1. The Bertz CT molecular complexity index is 718. The molecule has 2 rings (SSSR count). The number of thioether (sulfide) groups is 1. The van der Waals surface area contributed by atoms with Crippen LogP contribution >= 0.6 is 11.8 Å². The van der Waals surface area contributed by atoms with Gasteiger partial charge in [0.25, 0.3) is 0 Å². The number of amides is 1. The van der Waals surface area contributed by atoms with E-state index in [1.54, 1.807) is 0 Å². The third kappa shape index (κ3) is 4.98. The third-order valence-electron chi connectivity index (χ3n) is 4.04. The van der Waals surface area contributed by atoms with Crippen molar-refractivity contribution in [3.8, 4) is 0 Å². The zero-order valence-corrected chi connectivity index (χ0v) is 16.4. The summed E-state index contributed by atoms with van der Waals surface area (Å²) < 4.78 is 1.46. The molecule has 0 aliphatic carbocycles. The molecular formula is C18H27N5OS. The first-order valence-electron chi connectivity index (χ1n) is 8.46. The van der Waals surface area contributed by atoms with Crippen molar-refractivity contribution >= 4 is 23.4 Å². The predicted octanol–water partition coefficient (Wildman–Crippen LogP) is 3.53. The SMILES string of the molecule is CC[C@@H](C)c1ccc(NC(=O)CSc2nnc(C(C)(C)C)n2N)cc1. The highest BCUT2D eigenvalue weighted by molar-refractivity contribution is 7.99. The number of aromatic nitrogens is 3. The lowest BCUT2D eigenvalue weighted by molar-refractivity contribution is -0.113. The van der Waals surface area contributed by atoms with E-state index in [0.717, 1.165) is 12.1 Å². The Hall–Kier alpha value is -2.02. The second-order valence-electron chi connectivity index (χ2n) is 7.19. The van der Waals surface area contributed by atoms with Crippen molar-refractivity contribution in [3.05, 3.63) is 35.7 Å². The minimum Gasteiger partial charge on any atom is -0.336 e. The van der Waals surface area contributed by atoms with Gasteiger partial charge in [0.2, 0.25) is 11.1 Å². The van der Waals surface area contributed by atoms with Gasteiger partial charge in [0.15, 0.2) is 5.82 Å². The van der Waals surface area contributed by atoms with Crippen molar-refractivity contribution < 1.29 is 4.79 Å². The first-order chi connectivity index (χ1) is 11.7. The van der Waals surface area contributed by atoms with Crippen LogP contribution in [0.3, 0.4) is 0 Å². The summed E-state index contributed by atoms with van der Waals surface area (Å²) in [6, 6.07) is 7.99. The first-order valence-corrected chi connectivity index (χ1v) is 9.44. The van der Waals surface area contributed by atoms with Crippen LogP contribution in [0.5, 0.6) is 0 Å². The maximum atomic E-state index is 12.1. The van der Waals surface area contributed by atoms with Crippen LogP contribution in [0.25, 0.3) is 0 Å². The van der Waals surface area contributed by atoms with Gasteiger partial charge in [0.1, 0.15) is 0 Å². The quantitative estimate of drug-likeness (QED) is 0.607. The van der Waals surface area contributed by atoms with Gasteiger partial charge in [-0.15, -0.1) is 10.2 Å². The van der Waals surface area contributed by atoms with E-state index in [2.05, 4.69) is 41.5 Å². The van der Waals surface area contributed by atoms with Gasteiger partial charge in [0, 0.05) is 11.1 Å². The monoisotopic (exact) mass is 361 g/mol. The van der Waals surface area contributed by atoms with Gasteiger partial charge < -0.3 is 11.2 Å². The number of nitrogens with zero attached hydrogens (tertiary/aromatic N) is 3. The maximum Gasteiger partial charge on any atom is 0.234 e. The molecule has 0 fully saturated rings. The van der Waals surface area contributed by atoms with E-state index in [0.29, 0.717) is 16.9 Å². The van der Waals surface area contributed by atoms with Crippen LogP contribution in [-0.4, -0.2) is 26.5 Å². The highest BCUT2D eigenvalue weighted by atomic mass is 32.2. The van der Waals surface area contributed by atoms with Crippen LogP contribution in [-0.2, 0) is 10.2 Å². The molecule has 25 heavy (non-hydrogen) atoms. The number of nitrogen functional groups attached to an aromatic ring is 1. The van der Waals surface area contributed by atoms with Crippen LogP contribution in [0.15, 0.2) is 29.4 Å². The van der Waals surface area contributed by atoms with Crippen molar-refractivity contribution in [3.63, 3.8) is 0 Å². The van der Waals surface area contributed by atoms with E-state index in [-0.39, 0.29) is 17.1 Å². The normalized spacial score (nSPS) is 12.8. The van der Waals surface area contributed by atoms with E-state index in [1.165, 1.54) is 22.0 Å². The van der Waals surface area contributed by atoms with E-state index in [9.17, 15) is 4.79 Å². The largest absolute Gasteiger partial charge is 0.336 e. The van der Waals surface area contributed by atoms with Crippen molar-refractivity contribution in [1.29, 1.82) is 0 Å². The van der Waals surface area contributed by atoms with Crippen LogP contribution in [0.4, 0.5) is 5.69 Å². The molecule has 0 radical (unpaired) electrons. The van der Waals surface area contributed by atoms with Crippen LogP contribution in [0.2, 0.25) is 0 Å². The third-order valence-corrected chi connectivity index (χ3v) is 4.99. The summed E-state index contributed by atoms with van der Waals surface area (Å²) in [5.74, 6) is 7.37. The van der Waals surface area contributed by atoms with Gasteiger partial charge in [-0.05, 0) is 30.0 Å². The lowest BCUT2D eigenvalue weighted by atomic mass is 9.96. The molecule has 2 aromatic rings. The molecule has 1 aromatic heterocycles. The minimum absolute atomic E-state index is 0.0957. The highest BCUT2D eigenvalue weighted by Gasteiger charge is 2.23. The van der Waals surface area contributed by atoms with Gasteiger partial charge in [0.05, 0.1) is 5.75 Å². The molecule has 0 aliphatic rings.